The lowest BCUT2D eigenvalue weighted by Gasteiger charge is -2.13. The molecule has 0 amide bonds. The first-order valence-corrected chi connectivity index (χ1v) is 5.72. The molecule has 0 aliphatic rings. The standard InChI is InChI=1S/C5H9BrN4O3S/c1-9-5(4(6)7-8-9)14(11,12)10(2)13-3/h1-3H3. The Hall–Kier alpha value is -0.510. The lowest BCUT2D eigenvalue weighted by atomic mass is 10.9. The molecule has 14 heavy (non-hydrogen) atoms. The predicted octanol–water partition coefficient (Wildman–Crippen LogP) is -0.240. The van der Waals surface area contributed by atoms with Crippen molar-refractivity contribution in [2.75, 3.05) is 14.2 Å². The minimum Gasteiger partial charge on any atom is -0.288 e. The van der Waals surface area contributed by atoms with Crippen molar-refractivity contribution in [2.24, 2.45) is 7.05 Å². The van der Waals surface area contributed by atoms with E-state index in [9.17, 15) is 8.42 Å². The van der Waals surface area contributed by atoms with Crippen LogP contribution >= 0.6 is 15.9 Å². The minimum absolute atomic E-state index is 0.0538. The van der Waals surface area contributed by atoms with E-state index in [4.69, 9.17) is 0 Å². The van der Waals surface area contributed by atoms with Crippen LogP contribution in [0, 0.1) is 0 Å². The fraction of sp³-hybridized carbons (Fsp3) is 0.600. The maximum absolute atomic E-state index is 11.7. The molecule has 0 aliphatic heterocycles. The zero-order valence-electron chi connectivity index (χ0n) is 7.80. The average molecular weight is 285 g/mol. The van der Waals surface area contributed by atoms with E-state index in [2.05, 4.69) is 31.1 Å². The van der Waals surface area contributed by atoms with Crippen LogP contribution in [0.1, 0.15) is 0 Å². The first-order chi connectivity index (χ1) is 6.41. The molecule has 1 rings (SSSR count). The van der Waals surface area contributed by atoms with E-state index in [0.717, 1.165) is 9.15 Å². The summed E-state index contributed by atoms with van der Waals surface area (Å²) in [6, 6.07) is 0. The summed E-state index contributed by atoms with van der Waals surface area (Å²) in [5.74, 6) is 0. The second-order valence-corrected chi connectivity index (χ2v) is 5.01. The van der Waals surface area contributed by atoms with Gasteiger partial charge in [-0.2, -0.15) is 0 Å². The Morgan fingerprint density at radius 2 is 2.14 bits per heavy atom. The van der Waals surface area contributed by atoms with Gasteiger partial charge in [0, 0.05) is 14.1 Å². The molecule has 1 heterocycles. The minimum atomic E-state index is -3.70. The molecule has 0 radical (unpaired) electrons. The van der Waals surface area contributed by atoms with Crippen molar-refractivity contribution >= 4 is 26.0 Å². The van der Waals surface area contributed by atoms with Gasteiger partial charge in [-0.3, -0.25) is 4.84 Å². The number of sulfonamides is 1. The summed E-state index contributed by atoms with van der Waals surface area (Å²) in [7, 11) is 0.321. The molecule has 0 aromatic carbocycles. The maximum atomic E-state index is 11.7. The third-order valence-corrected chi connectivity index (χ3v) is 4.15. The quantitative estimate of drug-likeness (QED) is 0.716. The number of rotatable bonds is 3. The van der Waals surface area contributed by atoms with Gasteiger partial charge in [-0.05, 0) is 15.9 Å². The van der Waals surface area contributed by atoms with Gasteiger partial charge in [0.15, 0.2) is 4.60 Å². The molecule has 0 spiro atoms. The number of aromatic nitrogens is 3. The van der Waals surface area contributed by atoms with Crippen molar-refractivity contribution < 1.29 is 13.3 Å². The molecule has 0 bridgehead atoms. The molecule has 7 nitrogen and oxygen atoms in total. The molecular weight excluding hydrogens is 276 g/mol. The van der Waals surface area contributed by atoms with E-state index in [1.807, 2.05) is 0 Å². The highest BCUT2D eigenvalue weighted by atomic mass is 79.9. The van der Waals surface area contributed by atoms with Gasteiger partial charge < -0.3 is 0 Å². The molecule has 0 N–H and O–H groups in total. The normalized spacial score (nSPS) is 12.4. The van der Waals surface area contributed by atoms with Gasteiger partial charge in [-0.1, -0.05) is 9.68 Å². The second-order valence-electron chi connectivity index (χ2n) is 2.41. The number of hydrogen-bond donors (Lipinski definition) is 0. The van der Waals surface area contributed by atoms with Crippen molar-refractivity contribution in [1.29, 1.82) is 0 Å². The highest BCUT2D eigenvalue weighted by Gasteiger charge is 2.28. The molecule has 0 atom stereocenters. The Morgan fingerprint density at radius 3 is 2.50 bits per heavy atom. The Labute approximate surface area is 89.8 Å². The molecule has 80 valence electrons. The molecule has 0 aliphatic carbocycles. The molecule has 9 heteroatoms. The number of hydroxylamine groups is 1. The zero-order chi connectivity index (χ0) is 10.9. The van der Waals surface area contributed by atoms with Gasteiger partial charge >= 0.3 is 0 Å². The average Bonchev–Trinajstić information content (AvgIpc) is 2.44. The summed E-state index contributed by atoms with van der Waals surface area (Å²) in [6.45, 7) is 0. The van der Waals surface area contributed by atoms with Gasteiger partial charge in [0.1, 0.15) is 0 Å². The Morgan fingerprint density at radius 1 is 1.57 bits per heavy atom. The van der Waals surface area contributed by atoms with Crippen LogP contribution in [0.15, 0.2) is 9.63 Å². The zero-order valence-corrected chi connectivity index (χ0v) is 10.2. The molecule has 1 aromatic rings. The number of aryl methyl sites for hydroxylation is 1. The third kappa shape index (κ3) is 1.80. The molecule has 0 unspecified atom stereocenters. The van der Waals surface area contributed by atoms with Crippen LogP contribution in [0.2, 0.25) is 0 Å². The third-order valence-electron chi connectivity index (χ3n) is 1.58. The maximum Gasteiger partial charge on any atom is 0.284 e. The van der Waals surface area contributed by atoms with Crippen LogP contribution < -0.4 is 0 Å². The Kier molecular flexibility index (Phi) is 3.24. The SMILES string of the molecule is CON(C)S(=O)(=O)c1c(Br)nnn1C. The highest BCUT2D eigenvalue weighted by Crippen LogP contribution is 2.20. The van der Waals surface area contributed by atoms with Crippen molar-refractivity contribution in [3.8, 4) is 0 Å². The lowest BCUT2D eigenvalue weighted by molar-refractivity contribution is -0.0263. The summed E-state index contributed by atoms with van der Waals surface area (Å²) in [5, 5.41) is 7.07. The van der Waals surface area contributed by atoms with Crippen molar-refractivity contribution in [3.63, 3.8) is 0 Å². The summed E-state index contributed by atoms with van der Waals surface area (Å²) in [4.78, 5) is 4.60. The molecule has 0 saturated heterocycles. The number of nitrogens with zero attached hydrogens (tertiary/aromatic N) is 4. The van der Waals surface area contributed by atoms with Gasteiger partial charge in [-0.15, -0.1) is 5.10 Å². The number of halogens is 1. The molecule has 0 saturated carbocycles. The highest BCUT2D eigenvalue weighted by molar-refractivity contribution is 9.10. The molecular formula is C5H9BrN4O3S. The van der Waals surface area contributed by atoms with Crippen molar-refractivity contribution in [2.45, 2.75) is 5.03 Å². The van der Waals surface area contributed by atoms with E-state index < -0.39 is 10.0 Å². The Balaban J connectivity index is 3.30. The molecule has 1 aromatic heterocycles. The van der Waals surface area contributed by atoms with Crippen LogP contribution in [0.25, 0.3) is 0 Å². The van der Waals surface area contributed by atoms with E-state index in [0.29, 0.717) is 0 Å². The monoisotopic (exact) mass is 284 g/mol. The van der Waals surface area contributed by atoms with Crippen LogP contribution in [-0.4, -0.2) is 42.0 Å². The van der Waals surface area contributed by atoms with Crippen LogP contribution in [0.3, 0.4) is 0 Å². The van der Waals surface area contributed by atoms with Gasteiger partial charge in [-0.25, -0.2) is 13.1 Å². The van der Waals surface area contributed by atoms with Crippen molar-refractivity contribution in [3.05, 3.63) is 4.60 Å². The van der Waals surface area contributed by atoms with Crippen LogP contribution in [-0.2, 0) is 21.9 Å². The fourth-order valence-corrected chi connectivity index (χ4v) is 2.82. The Bertz CT molecular complexity index is 409. The van der Waals surface area contributed by atoms with Crippen LogP contribution in [0.5, 0.6) is 0 Å². The summed E-state index contributed by atoms with van der Waals surface area (Å²) >= 11 is 2.99. The summed E-state index contributed by atoms with van der Waals surface area (Å²) in [5.41, 5.74) is 0. The van der Waals surface area contributed by atoms with E-state index >= 15 is 0 Å². The molecule has 0 fully saturated rings. The van der Waals surface area contributed by atoms with Gasteiger partial charge in [0.05, 0.1) is 7.11 Å². The van der Waals surface area contributed by atoms with Gasteiger partial charge in [0.2, 0.25) is 5.03 Å². The topological polar surface area (TPSA) is 77.3 Å². The largest absolute Gasteiger partial charge is 0.288 e. The predicted molar refractivity (Wildman–Crippen MR) is 50.7 cm³/mol. The fourth-order valence-electron chi connectivity index (χ4n) is 0.817. The summed E-state index contributed by atoms with van der Waals surface area (Å²) < 4.78 is 25.5. The van der Waals surface area contributed by atoms with E-state index in [1.165, 1.54) is 21.2 Å². The van der Waals surface area contributed by atoms with E-state index in [1.54, 1.807) is 0 Å². The lowest BCUT2D eigenvalue weighted by Crippen LogP contribution is -2.27. The smallest absolute Gasteiger partial charge is 0.284 e. The van der Waals surface area contributed by atoms with Crippen LogP contribution in [0.4, 0.5) is 0 Å². The van der Waals surface area contributed by atoms with Gasteiger partial charge in [0.25, 0.3) is 10.0 Å². The number of hydrogen-bond acceptors (Lipinski definition) is 5. The van der Waals surface area contributed by atoms with E-state index in [-0.39, 0.29) is 9.63 Å². The first-order valence-electron chi connectivity index (χ1n) is 3.49. The second kappa shape index (κ2) is 3.93. The van der Waals surface area contributed by atoms with Crippen molar-refractivity contribution in [1.82, 2.24) is 19.5 Å². The first kappa shape index (κ1) is 11.6. The summed E-state index contributed by atoms with van der Waals surface area (Å²) in [6.07, 6.45) is 0.